The van der Waals surface area contributed by atoms with Crippen molar-refractivity contribution in [3.63, 3.8) is 0 Å². The fourth-order valence-electron chi connectivity index (χ4n) is 1.93. The van der Waals surface area contributed by atoms with Crippen LogP contribution < -0.4 is 0 Å². The zero-order valence-electron chi connectivity index (χ0n) is 8.99. The lowest BCUT2D eigenvalue weighted by Crippen LogP contribution is -2.20. The molecule has 86 valence electrons. The number of hydrogen-bond acceptors (Lipinski definition) is 3. The third-order valence-corrected chi connectivity index (χ3v) is 3.20. The normalized spacial score (nSPS) is 17.1. The first-order valence-corrected chi connectivity index (χ1v) is 6.36. The van der Waals surface area contributed by atoms with Gasteiger partial charge in [0.1, 0.15) is 6.10 Å². The summed E-state index contributed by atoms with van der Waals surface area (Å²) in [5, 5.41) is 0. The van der Waals surface area contributed by atoms with Crippen molar-refractivity contribution in [3.8, 4) is 0 Å². The molecule has 4 heteroatoms. The summed E-state index contributed by atoms with van der Waals surface area (Å²) >= 11 is 3.29. The fraction of sp³-hybridized carbons (Fsp3) is 0.500. The molecular weight excluding hydrogens is 270 g/mol. The molecule has 0 aliphatic heterocycles. The number of halogens is 1. The van der Waals surface area contributed by atoms with Crippen LogP contribution in [0.25, 0.3) is 0 Å². The minimum Gasteiger partial charge on any atom is -0.459 e. The van der Waals surface area contributed by atoms with Crippen molar-refractivity contribution in [3.05, 3.63) is 28.5 Å². The average Bonchev–Trinajstić information content (AvgIpc) is 2.30. The molecule has 2 rings (SSSR count). The molecule has 0 atom stereocenters. The second-order valence-corrected chi connectivity index (χ2v) is 4.97. The van der Waals surface area contributed by atoms with E-state index in [2.05, 4.69) is 20.9 Å². The Labute approximate surface area is 103 Å². The lowest BCUT2D eigenvalue weighted by molar-refractivity contribution is 0.0210. The van der Waals surface area contributed by atoms with Crippen molar-refractivity contribution in [2.24, 2.45) is 0 Å². The van der Waals surface area contributed by atoms with Gasteiger partial charge >= 0.3 is 5.97 Å². The van der Waals surface area contributed by atoms with Crippen LogP contribution in [0.5, 0.6) is 0 Å². The fourth-order valence-corrected chi connectivity index (χ4v) is 2.29. The van der Waals surface area contributed by atoms with Crippen LogP contribution in [0.1, 0.15) is 42.5 Å². The van der Waals surface area contributed by atoms with E-state index in [9.17, 15) is 4.79 Å². The van der Waals surface area contributed by atoms with Gasteiger partial charge in [-0.2, -0.15) is 0 Å². The Balaban J connectivity index is 1.97. The van der Waals surface area contributed by atoms with Crippen LogP contribution in [-0.2, 0) is 4.74 Å². The standard InChI is InChI=1S/C12H14BrNO2/c13-10-6-9(7-14-8-10)12(15)16-11-4-2-1-3-5-11/h6-8,11H,1-5H2. The van der Waals surface area contributed by atoms with Gasteiger partial charge in [-0.05, 0) is 47.7 Å². The summed E-state index contributed by atoms with van der Waals surface area (Å²) in [6.45, 7) is 0. The maximum atomic E-state index is 11.8. The summed E-state index contributed by atoms with van der Waals surface area (Å²) in [5.41, 5.74) is 0.514. The van der Waals surface area contributed by atoms with Gasteiger partial charge in [0.25, 0.3) is 0 Å². The highest BCUT2D eigenvalue weighted by Crippen LogP contribution is 2.21. The molecule has 0 N–H and O–H groups in total. The van der Waals surface area contributed by atoms with E-state index in [0.29, 0.717) is 5.56 Å². The summed E-state index contributed by atoms with van der Waals surface area (Å²) in [5.74, 6) is -0.263. The first-order chi connectivity index (χ1) is 7.75. The minimum absolute atomic E-state index is 0.0974. The zero-order valence-corrected chi connectivity index (χ0v) is 10.6. The van der Waals surface area contributed by atoms with Crippen molar-refractivity contribution in [1.82, 2.24) is 4.98 Å². The van der Waals surface area contributed by atoms with Crippen LogP contribution in [0.3, 0.4) is 0 Å². The van der Waals surface area contributed by atoms with Crippen molar-refractivity contribution in [2.45, 2.75) is 38.2 Å². The predicted molar refractivity (Wildman–Crippen MR) is 64.2 cm³/mol. The molecule has 1 aliphatic carbocycles. The number of aromatic nitrogens is 1. The number of carbonyl (C=O) groups is 1. The van der Waals surface area contributed by atoms with E-state index < -0.39 is 0 Å². The van der Waals surface area contributed by atoms with Crippen LogP contribution in [0.2, 0.25) is 0 Å². The van der Waals surface area contributed by atoms with Gasteiger partial charge in [0.05, 0.1) is 5.56 Å². The number of hydrogen-bond donors (Lipinski definition) is 0. The van der Waals surface area contributed by atoms with E-state index >= 15 is 0 Å². The highest BCUT2D eigenvalue weighted by atomic mass is 79.9. The largest absolute Gasteiger partial charge is 0.459 e. The molecule has 0 aromatic carbocycles. The molecule has 1 heterocycles. The van der Waals surface area contributed by atoms with E-state index in [1.54, 1.807) is 12.3 Å². The molecule has 1 fully saturated rings. The summed E-state index contributed by atoms with van der Waals surface area (Å²) in [6.07, 6.45) is 8.85. The molecule has 1 aliphatic rings. The monoisotopic (exact) mass is 283 g/mol. The summed E-state index contributed by atoms with van der Waals surface area (Å²) in [4.78, 5) is 15.7. The molecule has 1 aromatic rings. The molecule has 1 saturated carbocycles. The predicted octanol–water partition coefficient (Wildman–Crippen LogP) is 3.33. The topological polar surface area (TPSA) is 39.2 Å². The van der Waals surface area contributed by atoms with E-state index in [0.717, 1.165) is 30.2 Å². The van der Waals surface area contributed by atoms with Gasteiger partial charge in [-0.3, -0.25) is 4.98 Å². The van der Waals surface area contributed by atoms with Crippen LogP contribution in [0.15, 0.2) is 22.9 Å². The third-order valence-electron chi connectivity index (χ3n) is 2.77. The lowest BCUT2D eigenvalue weighted by atomic mass is 9.98. The number of nitrogens with zero attached hydrogens (tertiary/aromatic N) is 1. The molecule has 0 amide bonds. The van der Waals surface area contributed by atoms with E-state index in [-0.39, 0.29) is 12.1 Å². The van der Waals surface area contributed by atoms with Gasteiger partial charge in [-0.1, -0.05) is 6.42 Å². The molecule has 0 spiro atoms. The van der Waals surface area contributed by atoms with Crippen molar-refractivity contribution >= 4 is 21.9 Å². The Morgan fingerprint density at radius 2 is 2.06 bits per heavy atom. The molecule has 0 saturated heterocycles. The highest BCUT2D eigenvalue weighted by Gasteiger charge is 2.18. The molecule has 0 radical (unpaired) electrons. The van der Waals surface area contributed by atoms with E-state index in [1.165, 1.54) is 12.6 Å². The van der Waals surface area contributed by atoms with Crippen molar-refractivity contribution < 1.29 is 9.53 Å². The second kappa shape index (κ2) is 5.43. The zero-order chi connectivity index (χ0) is 11.4. The maximum Gasteiger partial charge on any atom is 0.340 e. The molecule has 0 bridgehead atoms. The number of rotatable bonds is 2. The van der Waals surface area contributed by atoms with Crippen molar-refractivity contribution in [2.75, 3.05) is 0 Å². The number of ether oxygens (including phenoxy) is 1. The minimum atomic E-state index is -0.263. The average molecular weight is 284 g/mol. The molecular formula is C12H14BrNO2. The number of pyridine rings is 1. The Kier molecular flexibility index (Phi) is 3.93. The maximum absolute atomic E-state index is 11.8. The molecule has 0 unspecified atom stereocenters. The van der Waals surface area contributed by atoms with Crippen LogP contribution in [0.4, 0.5) is 0 Å². The Bertz CT molecular complexity index is 375. The van der Waals surface area contributed by atoms with Crippen molar-refractivity contribution in [1.29, 1.82) is 0 Å². The Morgan fingerprint density at radius 3 is 2.75 bits per heavy atom. The smallest absolute Gasteiger partial charge is 0.340 e. The van der Waals surface area contributed by atoms with Gasteiger partial charge in [0.15, 0.2) is 0 Å². The van der Waals surface area contributed by atoms with Crippen LogP contribution >= 0.6 is 15.9 Å². The second-order valence-electron chi connectivity index (χ2n) is 4.06. The Hall–Kier alpha value is -0.900. The van der Waals surface area contributed by atoms with Gasteiger partial charge < -0.3 is 4.74 Å². The van der Waals surface area contributed by atoms with Gasteiger partial charge in [-0.25, -0.2) is 4.79 Å². The quantitative estimate of drug-likeness (QED) is 0.782. The van der Waals surface area contributed by atoms with Gasteiger partial charge in [0, 0.05) is 16.9 Å². The SMILES string of the molecule is O=C(OC1CCCCC1)c1cncc(Br)c1. The number of carbonyl (C=O) groups excluding carboxylic acids is 1. The third kappa shape index (κ3) is 3.04. The highest BCUT2D eigenvalue weighted by molar-refractivity contribution is 9.10. The summed E-state index contributed by atoms with van der Waals surface area (Å²) in [6, 6.07) is 1.73. The van der Waals surface area contributed by atoms with E-state index in [4.69, 9.17) is 4.74 Å². The molecule has 3 nitrogen and oxygen atoms in total. The van der Waals surface area contributed by atoms with Gasteiger partial charge in [0.2, 0.25) is 0 Å². The summed E-state index contributed by atoms with van der Waals surface area (Å²) < 4.78 is 6.23. The lowest BCUT2D eigenvalue weighted by Gasteiger charge is -2.21. The molecule has 1 aromatic heterocycles. The first kappa shape index (κ1) is 11.6. The van der Waals surface area contributed by atoms with E-state index in [1.807, 2.05) is 0 Å². The molecule has 16 heavy (non-hydrogen) atoms. The Morgan fingerprint density at radius 1 is 1.31 bits per heavy atom. The number of esters is 1. The van der Waals surface area contributed by atoms with Crippen LogP contribution in [-0.4, -0.2) is 17.1 Å². The van der Waals surface area contributed by atoms with Gasteiger partial charge in [-0.15, -0.1) is 0 Å². The van der Waals surface area contributed by atoms with Crippen LogP contribution in [0, 0.1) is 0 Å². The summed E-state index contributed by atoms with van der Waals surface area (Å²) in [7, 11) is 0. The first-order valence-electron chi connectivity index (χ1n) is 5.57.